The van der Waals surface area contributed by atoms with E-state index in [0.29, 0.717) is 11.0 Å². The molecule has 150 valence electrons. The first-order chi connectivity index (χ1) is 13.3. The number of ether oxygens (including phenoxy) is 1. The Balaban J connectivity index is 1.74. The lowest BCUT2D eigenvalue weighted by Crippen LogP contribution is -2.37. The number of imide groups is 1. The van der Waals surface area contributed by atoms with Crippen molar-refractivity contribution >= 4 is 40.1 Å². The Kier molecular flexibility index (Phi) is 7.88. The molecule has 1 heterocycles. The fourth-order valence-corrected chi connectivity index (χ4v) is 2.71. The topological polar surface area (TPSA) is 109 Å². The monoisotopic (exact) mass is 408 g/mol. The van der Waals surface area contributed by atoms with Crippen LogP contribution in [0.4, 0.5) is 20.0 Å². The molecule has 0 saturated heterocycles. The van der Waals surface area contributed by atoms with E-state index in [4.69, 9.17) is 4.74 Å². The normalized spacial score (nSPS) is 10.4. The summed E-state index contributed by atoms with van der Waals surface area (Å²) in [5.74, 6) is -1.73. The zero-order valence-electron chi connectivity index (χ0n) is 15.5. The van der Waals surface area contributed by atoms with Gasteiger partial charge in [0, 0.05) is 11.9 Å². The first kappa shape index (κ1) is 21.3. The van der Waals surface area contributed by atoms with Crippen molar-refractivity contribution in [3.63, 3.8) is 0 Å². The summed E-state index contributed by atoms with van der Waals surface area (Å²) in [6.07, 6.45) is 0.967. The Morgan fingerprint density at radius 3 is 2.71 bits per heavy atom. The van der Waals surface area contributed by atoms with Gasteiger partial charge in [-0.15, -0.1) is 11.3 Å². The van der Waals surface area contributed by atoms with Crippen molar-refractivity contribution in [3.8, 4) is 0 Å². The predicted octanol–water partition coefficient (Wildman–Crippen LogP) is 3.25. The number of aromatic nitrogens is 1. The number of carbonyl (C=O) groups excluding carboxylic acids is 3. The number of halogens is 1. The van der Waals surface area contributed by atoms with Gasteiger partial charge in [0.05, 0.1) is 5.69 Å². The van der Waals surface area contributed by atoms with Crippen molar-refractivity contribution in [2.24, 2.45) is 5.92 Å². The van der Waals surface area contributed by atoms with E-state index in [2.05, 4.69) is 29.5 Å². The molecule has 1 aromatic carbocycles. The van der Waals surface area contributed by atoms with Crippen molar-refractivity contribution in [2.45, 2.75) is 20.3 Å². The van der Waals surface area contributed by atoms with Gasteiger partial charge in [-0.2, -0.15) is 0 Å². The number of nitrogens with one attached hydrogen (secondary N) is 3. The Morgan fingerprint density at radius 1 is 1.25 bits per heavy atom. The van der Waals surface area contributed by atoms with Crippen molar-refractivity contribution in [2.75, 3.05) is 23.8 Å². The molecular formula is C18H21FN4O4S. The van der Waals surface area contributed by atoms with E-state index in [0.717, 1.165) is 13.0 Å². The van der Waals surface area contributed by atoms with E-state index in [1.165, 1.54) is 41.0 Å². The number of nitrogens with zero attached hydrogens (tertiary/aromatic N) is 1. The molecule has 0 aliphatic heterocycles. The summed E-state index contributed by atoms with van der Waals surface area (Å²) >= 11 is 1.25. The Labute approximate surface area is 165 Å². The van der Waals surface area contributed by atoms with Crippen LogP contribution in [0.15, 0.2) is 29.6 Å². The second kappa shape index (κ2) is 10.4. The summed E-state index contributed by atoms with van der Waals surface area (Å²) in [5.41, 5.74) is -0.00887. The van der Waals surface area contributed by atoms with E-state index in [1.54, 1.807) is 0 Å². The first-order valence-corrected chi connectivity index (χ1v) is 9.45. The lowest BCUT2D eigenvalue weighted by Gasteiger charge is -2.07. The van der Waals surface area contributed by atoms with Gasteiger partial charge in [0.2, 0.25) is 0 Å². The number of benzene rings is 1. The summed E-state index contributed by atoms with van der Waals surface area (Å²) in [4.78, 5) is 39.4. The quantitative estimate of drug-likeness (QED) is 0.579. The summed E-state index contributed by atoms with van der Waals surface area (Å²) in [6, 6.07) is 4.57. The van der Waals surface area contributed by atoms with E-state index >= 15 is 0 Å². The first-order valence-electron chi connectivity index (χ1n) is 8.57. The van der Waals surface area contributed by atoms with Crippen molar-refractivity contribution < 1.29 is 23.5 Å². The van der Waals surface area contributed by atoms with E-state index < -0.39 is 30.3 Å². The number of amides is 3. The number of esters is 1. The zero-order chi connectivity index (χ0) is 20.5. The molecule has 0 fully saturated rings. The number of para-hydroxylation sites is 1. The van der Waals surface area contributed by atoms with Crippen LogP contribution in [-0.2, 0) is 9.53 Å². The SMILES string of the molecule is CC(C)CCNc1nc(C(=O)OCC(=O)NC(=O)Nc2ccccc2F)cs1. The number of hydrogen-bond donors (Lipinski definition) is 3. The van der Waals surface area contributed by atoms with Crippen LogP contribution < -0.4 is 16.0 Å². The van der Waals surface area contributed by atoms with Crippen LogP contribution in [0.1, 0.15) is 30.8 Å². The molecule has 0 saturated carbocycles. The number of rotatable bonds is 8. The van der Waals surface area contributed by atoms with E-state index in [1.807, 2.05) is 5.32 Å². The van der Waals surface area contributed by atoms with Gasteiger partial charge in [0.25, 0.3) is 5.91 Å². The maximum Gasteiger partial charge on any atom is 0.358 e. The maximum absolute atomic E-state index is 13.4. The zero-order valence-corrected chi connectivity index (χ0v) is 16.3. The second-order valence-corrected chi connectivity index (χ2v) is 7.06. The number of thiazole rings is 1. The minimum atomic E-state index is -0.934. The summed E-state index contributed by atoms with van der Waals surface area (Å²) in [5, 5.41) is 9.34. The third kappa shape index (κ3) is 6.95. The van der Waals surface area contributed by atoms with E-state index in [-0.39, 0.29) is 11.4 Å². The minimum Gasteiger partial charge on any atom is -0.451 e. The van der Waals surface area contributed by atoms with Gasteiger partial charge in [-0.3, -0.25) is 10.1 Å². The summed E-state index contributed by atoms with van der Waals surface area (Å²) in [6.45, 7) is 4.28. The molecular weight excluding hydrogens is 387 g/mol. The Bertz CT molecular complexity index is 840. The number of hydrogen-bond acceptors (Lipinski definition) is 7. The summed E-state index contributed by atoms with van der Waals surface area (Å²) in [7, 11) is 0. The molecule has 10 heteroatoms. The third-order valence-corrected chi connectivity index (χ3v) is 4.22. The molecule has 0 bridgehead atoms. The average Bonchev–Trinajstić information content (AvgIpc) is 3.10. The fraction of sp³-hybridized carbons (Fsp3) is 0.333. The largest absolute Gasteiger partial charge is 0.451 e. The molecule has 2 rings (SSSR count). The van der Waals surface area contributed by atoms with E-state index in [9.17, 15) is 18.8 Å². The number of anilines is 2. The van der Waals surface area contributed by atoms with Crippen LogP contribution in [0.2, 0.25) is 0 Å². The highest BCUT2D eigenvalue weighted by Gasteiger charge is 2.16. The van der Waals surface area contributed by atoms with Crippen LogP contribution >= 0.6 is 11.3 Å². The third-order valence-electron chi connectivity index (χ3n) is 3.42. The summed E-state index contributed by atoms with van der Waals surface area (Å²) < 4.78 is 18.3. The van der Waals surface area contributed by atoms with Gasteiger partial charge in [0.15, 0.2) is 17.4 Å². The highest BCUT2D eigenvalue weighted by Crippen LogP contribution is 2.16. The van der Waals surface area contributed by atoms with Crippen LogP contribution in [-0.4, -0.2) is 36.0 Å². The Hall–Kier alpha value is -3.01. The highest BCUT2D eigenvalue weighted by molar-refractivity contribution is 7.13. The van der Waals surface area contributed by atoms with Gasteiger partial charge in [-0.25, -0.2) is 19.0 Å². The van der Waals surface area contributed by atoms with Crippen molar-refractivity contribution in [3.05, 3.63) is 41.2 Å². The molecule has 8 nitrogen and oxygen atoms in total. The molecule has 0 atom stereocenters. The molecule has 28 heavy (non-hydrogen) atoms. The molecule has 0 aliphatic rings. The van der Waals surface area contributed by atoms with Crippen LogP contribution in [0.5, 0.6) is 0 Å². The lowest BCUT2D eigenvalue weighted by molar-refractivity contribution is -0.123. The molecule has 2 aromatic rings. The molecule has 0 unspecified atom stereocenters. The van der Waals surface area contributed by atoms with Gasteiger partial charge in [0.1, 0.15) is 5.82 Å². The second-order valence-electron chi connectivity index (χ2n) is 6.21. The minimum absolute atomic E-state index is 0.0701. The van der Waals surface area contributed by atoms with Crippen molar-refractivity contribution in [1.82, 2.24) is 10.3 Å². The molecule has 3 N–H and O–H groups in total. The van der Waals surface area contributed by atoms with Gasteiger partial charge >= 0.3 is 12.0 Å². The highest BCUT2D eigenvalue weighted by atomic mass is 32.1. The van der Waals surface area contributed by atoms with Gasteiger partial charge < -0.3 is 15.4 Å². The smallest absolute Gasteiger partial charge is 0.358 e. The standard InChI is InChI=1S/C18H21FN4O4S/c1-11(2)7-8-20-18-22-14(10-28-18)16(25)27-9-15(24)23-17(26)21-13-6-4-3-5-12(13)19/h3-6,10-11H,7-9H2,1-2H3,(H,20,22)(H2,21,23,24,26). The molecule has 0 spiro atoms. The molecule has 3 amide bonds. The van der Waals surface area contributed by atoms with Crippen molar-refractivity contribution in [1.29, 1.82) is 0 Å². The number of urea groups is 1. The van der Waals surface area contributed by atoms with Gasteiger partial charge in [-0.1, -0.05) is 26.0 Å². The lowest BCUT2D eigenvalue weighted by atomic mass is 10.1. The molecule has 0 radical (unpaired) electrons. The molecule has 0 aliphatic carbocycles. The molecule has 1 aromatic heterocycles. The van der Waals surface area contributed by atoms with Crippen LogP contribution in [0.25, 0.3) is 0 Å². The Morgan fingerprint density at radius 2 is 2.00 bits per heavy atom. The predicted molar refractivity (Wildman–Crippen MR) is 104 cm³/mol. The van der Waals surface area contributed by atoms with Crippen LogP contribution in [0, 0.1) is 11.7 Å². The maximum atomic E-state index is 13.4. The van der Waals surface area contributed by atoms with Gasteiger partial charge in [-0.05, 0) is 24.5 Å². The average molecular weight is 408 g/mol. The fourth-order valence-electron chi connectivity index (χ4n) is 2.00. The van der Waals surface area contributed by atoms with Crippen LogP contribution in [0.3, 0.4) is 0 Å². The number of carbonyl (C=O) groups is 3.